The third kappa shape index (κ3) is 8.26. The SMILES string of the molecule is Cc1c(NC(=O)C(Sc2ccc(NC(=O)/C(=C/c3ccccc3)NC(=O)c3ccccc3)cc2)c2ccccc2)c(=O)n(-c2ccccc2)n1C. The largest absolute Gasteiger partial charge is 0.321 e. The molecule has 0 bridgehead atoms. The minimum absolute atomic E-state index is 0.0804. The molecule has 1 aromatic heterocycles. The Labute approximate surface area is 299 Å². The Morgan fingerprint density at radius 3 is 1.90 bits per heavy atom. The second-order valence-corrected chi connectivity index (χ2v) is 12.8. The molecule has 51 heavy (non-hydrogen) atoms. The first-order chi connectivity index (χ1) is 24.8. The molecule has 1 unspecified atom stereocenters. The molecule has 1 atom stereocenters. The number of carbonyl (C=O) groups excluding carboxylic acids is 3. The fourth-order valence-corrected chi connectivity index (χ4v) is 6.44. The van der Waals surface area contributed by atoms with Gasteiger partial charge >= 0.3 is 0 Å². The van der Waals surface area contributed by atoms with Gasteiger partial charge in [-0.15, -0.1) is 11.8 Å². The van der Waals surface area contributed by atoms with Crippen molar-refractivity contribution in [2.75, 3.05) is 10.6 Å². The summed E-state index contributed by atoms with van der Waals surface area (Å²) in [6, 6.07) is 43.6. The molecular formula is C41H35N5O4S. The van der Waals surface area contributed by atoms with Gasteiger partial charge < -0.3 is 16.0 Å². The van der Waals surface area contributed by atoms with Crippen molar-refractivity contribution in [3.05, 3.63) is 184 Å². The zero-order valence-electron chi connectivity index (χ0n) is 27.9. The van der Waals surface area contributed by atoms with E-state index in [1.165, 1.54) is 16.4 Å². The van der Waals surface area contributed by atoms with Crippen molar-refractivity contribution >= 4 is 46.9 Å². The van der Waals surface area contributed by atoms with Gasteiger partial charge in [-0.05, 0) is 72.7 Å². The van der Waals surface area contributed by atoms with Gasteiger partial charge in [0, 0.05) is 23.2 Å². The molecule has 0 saturated carbocycles. The zero-order chi connectivity index (χ0) is 35.7. The third-order valence-electron chi connectivity index (χ3n) is 8.15. The van der Waals surface area contributed by atoms with Crippen molar-refractivity contribution in [1.29, 1.82) is 0 Å². The standard InChI is InChI=1S/C41H35N5O4S/c1-28-36(41(50)46(45(28)2)33-21-13-6-14-22-33)44-40(49)37(30-17-9-4-10-18-30)51-34-25-23-32(24-26-34)42-39(48)35(27-29-15-7-3-8-16-29)43-38(47)31-19-11-5-12-20-31/h3-27,37H,1-2H3,(H,42,48)(H,43,47)(H,44,49)/b35-27-. The third-order valence-corrected chi connectivity index (χ3v) is 9.41. The monoisotopic (exact) mass is 693 g/mol. The van der Waals surface area contributed by atoms with E-state index in [-0.39, 0.29) is 22.9 Å². The summed E-state index contributed by atoms with van der Waals surface area (Å²) in [7, 11) is 1.78. The highest BCUT2D eigenvalue weighted by molar-refractivity contribution is 8.00. The lowest BCUT2D eigenvalue weighted by Crippen LogP contribution is -2.30. The molecular weight excluding hydrogens is 659 g/mol. The molecule has 10 heteroatoms. The van der Waals surface area contributed by atoms with Gasteiger partial charge in [0.05, 0.1) is 11.4 Å². The van der Waals surface area contributed by atoms with Crippen LogP contribution in [0.3, 0.4) is 0 Å². The summed E-state index contributed by atoms with van der Waals surface area (Å²) >= 11 is 1.32. The van der Waals surface area contributed by atoms with Crippen LogP contribution in [0.5, 0.6) is 0 Å². The van der Waals surface area contributed by atoms with E-state index in [0.29, 0.717) is 22.6 Å². The number of benzene rings is 5. The number of para-hydroxylation sites is 1. The highest BCUT2D eigenvalue weighted by atomic mass is 32.2. The first-order valence-electron chi connectivity index (χ1n) is 16.2. The summed E-state index contributed by atoms with van der Waals surface area (Å²) in [5, 5.41) is 7.84. The average Bonchev–Trinajstić information content (AvgIpc) is 3.38. The van der Waals surface area contributed by atoms with Crippen LogP contribution in [0.25, 0.3) is 11.8 Å². The number of thioether (sulfide) groups is 1. The smallest absolute Gasteiger partial charge is 0.295 e. The van der Waals surface area contributed by atoms with Crippen molar-refractivity contribution in [1.82, 2.24) is 14.7 Å². The quantitative estimate of drug-likeness (QED) is 0.0969. The molecule has 0 radical (unpaired) electrons. The average molecular weight is 694 g/mol. The Morgan fingerprint density at radius 2 is 1.27 bits per heavy atom. The van der Waals surface area contributed by atoms with E-state index < -0.39 is 17.1 Å². The minimum Gasteiger partial charge on any atom is -0.321 e. The molecule has 9 nitrogen and oxygen atoms in total. The van der Waals surface area contributed by atoms with Crippen LogP contribution in [0.2, 0.25) is 0 Å². The predicted molar refractivity (Wildman–Crippen MR) is 203 cm³/mol. The molecule has 5 aromatic carbocycles. The van der Waals surface area contributed by atoms with Gasteiger partial charge in [-0.25, -0.2) is 4.68 Å². The van der Waals surface area contributed by atoms with Gasteiger partial charge in [0.25, 0.3) is 17.4 Å². The molecule has 254 valence electrons. The van der Waals surface area contributed by atoms with Crippen LogP contribution in [0, 0.1) is 6.92 Å². The van der Waals surface area contributed by atoms with E-state index in [9.17, 15) is 19.2 Å². The van der Waals surface area contributed by atoms with Crippen LogP contribution < -0.4 is 21.5 Å². The molecule has 6 aromatic rings. The number of rotatable bonds is 11. The summed E-state index contributed by atoms with van der Waals surface area (Å²) in [5.74, 6) is -1.25. The van der Waals surface area contributed by atoms with Crippen LogP contribution in [0.15, 0.2) is 161 Å². The minimum atomic E-state index is -0.690. The van der Waals surface area contributed by atoms with Gasteiger partial charge in [0.2, 0.25) is 5.91 Å². The van der Waals surface area contributed by atoms with Gasteiger partial charge in [0.15, 0.2) is 0 Å². The summed E-state index contributed by atoms with van der Waals surface area (Å²) in [6.07, 6.45) is 1.62. The number of anilines is 2. The Kier molecular flexibility index (Phi) is 10.7. The topological polar surface area (TPSA) is 114 Å². The molecule has 0 fully saturated rings. The fourth-order valence-electron chi connectivity index (χ4n) is 5.41. The van der Waals surface area contributed by atoms with Crippen molar-refractivity contribution in [3.8, 4) is 5.69 Å². The van der Waals surface area contributed by atoms with E-state index in [2.05, 4.69) is 16.0 Å². The Morgan fingerprint density at radius 1 is 0.706 bits per heavy atom. The molecule has 0 aliphatic rings. The van der Waals surface area contributed by atoms with E-state index >= 15 is 0 Å². The number of aromatic nitrogens is 2. The predicted octanol–water partition coefficient (Wildman–Crippen LogP) is 7.37. The van der Waals surface area contributed by atoms with E-state index in [1.807, 2.05) is 109 Å². The van der Waals surface area contributed by atoms with Crippen LogP contribution in [0.4, 0.5) is 11.4 Å². The van der Waals surface area contributed by atoms with E-state index in [0.717, 1.165) is 16.0 Å². The summed E-state index contributed by atoms with van der Waals surface area (Å²) in [5.41, 5.74) is 3.71. The fraction of sp³-hybridized carbons (Fsp3) is 0.0732. The molecule has 6 rings (SSSR count). The molecule has 0 saturated heterocycles. The lowest BCUT2D eigenvalue weighted by atomic mass is 10.1. The van der Waals surface area contributed by atoms with Crippen molar-refractivity contribution in [3.63, 3.8) is 0 Å². The zero-order valence-corrected chi connectivity index (χ0v) is 28.8. The molecule has 0 aliphatic carbocycles. The van der Waals surface area contributed by atoms with E-state index in [4.69, 9.17) is 0 Å². The van der Waals surface area contributed by atoms with Crippen LogP contribution in [0.1, 0.15) is 32.4 Å². The molecule has 1 heterocycles. The second-order valence-electron chi connectivity index (χ2n) is 11.6. The highest BCUT2D eigenvalue weighted by Crippen LogP contribution is 2.37. The lowest BCUT2D eigenvalue weighted by Gasteiger charge is -2.17. The first kappa shape index (κ1) is 34.5. The van der Waals surface area contributed by atoms with Crippen LogP contribution in [-0.4, -0.2) is 27.1 Å². The molecule has 0 aliphatic heterocycles. The van der Waals surface area contributed by atoms with Crippen molar-refractivity contribution < 1.29 is 14.4 Å². The summed E-state index contributed by atoms with van der Waals surface area (Å²) in [4.78, 5) is 54.7. The Bertz CT molecular complexity index is 2230. The number of carbonyl (C=O) groups is 3. The highest BCUT2D eigenvalue weighted by Gasteiger charge is 2.26. The maximum absolute atomic E-state index is 13.9. The maximum Gasteiger partial charge on any atom is 0.295 e. The number of nitrogens with one attached hydrogen (secondary N) is 3. The Hall–Kier alpha value is -6.39. The number of hydrogen-bond acceptors (Lipinski definition) is 5. The lowest BCUT2D eigenvalue weighted by molar-refractivity contribution is -0.116. The van der Waals surface area contributed by atoms with Crippen molar-refractivity contribution in [2.24, 2.45) is 7.05 Å². The van der Waals surface area contributed by atoms with Crippen LogP contribution in [-0.2, 0) is 16.6 Å². The van der Waals surface area contributed by atoms with E-state index in [1.54, 1.807) is 61.1 Å². The van der Waals surface area contributed by atoms with Crippen LogP contribution >= 0.6 is 11.8 Å². The summed E-state index contributed by atoms with van der Waals surface area (Å²) < 4.78 is 3.24. The van der Waals surface area contributed by atoms with Gasteiger partial charge in [0.1, 0.15) is 16.6 Å². The van der Waals surface area contributed by atoms with Gasteiger partial charge in [-0.3, -0.25) is 23.9 Å². The number of hydrogen-bond donors (Lipinski definition) is 3. The van der Waals surface area contributed by atoms with Crippen molar-refractivity contribution in [2.45, 2.75) is 17.1 Å². The summed E-state index contributed by atoms with van der Waals surface area (Å²) in [6.45, 7) is 1.79. The maximum atomic E-state index is 13.9. The number of amides is 3. The molecule has 0 spiro atoms. The molecule has 3 amide bonds. The first-order valence-corrected chi connectivity index (χ1v) is 17.1. The van der Waals surface area contributed by atoms with Gasteiger partial charge in [-0.1, -0.05) is 97.1 Å². The second kappa shape index (κ2) is 15.9. The molecule has 3 N–H and O–H groups in total. The Balaban J connectivity index is 1.20. The van der Waals surface area contributed by atoms with Gasteiger partial charge in [-0.2, -0.15) is 0 Å². The number of nitrogens with zero attached hydrogens (tertiary/aromatic N) is 2. The normalized spacial score (nSPS) is 11.8.